The van der Waals surface area contributed by atoms with E-state index < -0.39 is 104 Å². The molecule has 2 saturated heterocycles. The van der Waals surface area contributed by atoms with Gasteiger partial charge in [-0.1, -0.05) is 0 Å². The van der Waals surface area contributed by atoms with Crippen molar-refractivity contribution in [2.24, 2.45) is 5.92 Å². The Morgan fingerprint density at radius 3 is 2.24 bits per heavy atom. The van der Waals surface area contributed by atoms with Crippen molar-refractivity contribution < 1.29 is 69.8 Å². The van der Waals surface area contributed by atoms with Gasteiger partial charge in [0.05, 0.1) is 31.5 Å². The van der Waals surface area contributed by atoms with Crippen LogP contribution in [0.15, 0.2) is 0 Å². The summed E-state index contributed by atoms with van der Waals surface area (Å²) in [6, 6.07) is -1.46. The van der Waals surface area contributed by atoms with Crippen molar-refractivity contribution in [1.82, 2.24) is 5.32 Å². The normalized spacial score (nSPS) is 41.4. The molecule has 0 aromatic carbocycles. The van der Waals surface area contributed by atoms with Crippen LogP contribution in [0.3, 0.4) is 0 Å². The van der Waals surface area contributed by atoms with E-state index in [1.54, 1.807) is 0 Å². The Bertz CT molecular complexity index is 694. The summed E-state index contributed by atoms with van der Waals surface area (Å²) in [5.74, 6) is -4.32. The summed E-state index contributed by atoms with van der Waals surface area (Å²) < 4.78 is 15.7. The number of aliphatic carboxylic acids is 1. The number of aliphatic hydroxyl groups is 8. The molecule has 34 heavy (non-hydrogen) atoms. The number of ether oxygens (including phenoxy) is 3. The van der Waals surface area contributed by atoms with E-state index in [1.807, 2.05) is 0 Å². The number of rotatable bonds is 9. The fraction of sp³-hybridized carbons (Fsp3) is 0.895. The second-order valence-corrected chi connectivity index (χ2v) is 8.48. The van der Waals surface area contributed by atoms with Crippen LogP contribution in [0.2, 0.25) is 0 Å². The molecule has 15 heteroatoms. The molecule has 1 amide bonds. The van der Waals surface area contributed by atoms with Gasteiger partial charge in [-0.15, -0.1) is 0 Å². The summed E-state index contributed by atoms with van der Waals surface area (Å²) >= 11 is 0. The van der Waals surface area contributed by atoms with E-state index in [-0.39, 0.29) is 0 Å². The Morgan fingerprint density at radius 2 is 1.76 bits per heavy atom. The highest BCUT2D eigenvalue weighted by atomic mass is 16.7. The summed E-state index contributed by atoms with van der Waals surface area (Å²) in [5.41, 5.74) is -2.79. The van der Waals surface area contributed by atoms with Crippen LogP contribution in [0.5, 0.6) is 0 Å². The molecular weight excluding hydrogens is 466 g/mol. The van der Waals surface area contributed by atoms with Crippen LogP contribution in [-0.2, 0) is 23.8 Å². The second-order valence-electron chi connectivity index (χ2n) is 8.48. The first-order valence-electron chi connectivity index (χ1n) is 10.5. The van der Waals surface area contributed by atoms with Crippen LogP contribution >= 0.6 is 0 Å². The first-order chi connectivity index (χ1) is 15.9. The molecule has 2 aliphatic rings. The standard InChI is InChI=1S/C19H33NO14/c1-6(23)20-11-7(24)3-19(18(30)31,34-15(11)12(26)8(25)4-21)16(29)10-13(27)9(5-22)33-17(32-2)14(10)28/h7-17,21-22,24-29H,3-5H2,1-2H3,(H,20,23)(H,30,31)/t7-,8+,9+,10+,11+,12+,13-,14+,15+,16+,17-,19-/m0/s1. The molecule has 0 bridgehead atoms. The van der Waals surface area contributed by atoms with Gasteiger partial charge in [0.15, 0.2) is 11.9 Å². The summed E-state index contributed by atoms with van der Waals surface area (Å²) in [7, 11) is 1.12. The van der Waals surface area contributed by atoms with Crippen molar-refractivity contribution in [3.8, 4) is 0 Å². The molecule has 2 rings (SSSR count). The fourth-order valence-corrected chi connectivity index (χ4v) is 4.49. The zero-order valence-electron chi connectivity index (χ0n) is 18.5. The molecule has 0 radical (unpaired) electrons. The van der Waals surface area contributed by atoms with Gasteiger partial charge in [-0.25, -0.2) is 4.79 Å². The highest BCUT2D eigenvalue weighted by Crippen LogP contribution is 2.41. The fourth-order valence-electron chi connectivity index (χ4n) is 4.49. The van der Waals surface area contributed by atoms with Crippen molar-refractivity contribution in [2.45, 2.75) is 80.1 Å². The highest BCUT2D eigenvalue weighted by Gasteiger charge is 2.63. The summed E-state index contributed by atoms with van der Waals surface area (Å²) in [4.78, 5) is 24.0. The third-order valence-corrected chi connectivity index (χ3v) is 6.29. The Morgan fingerprint density at radius 1 is 1.15 bits per heavy atom. The molecule has 0 aromatic heterocycles. The Hall–Kier alpha value is -1.50. The molecule has 2 heterocycles. The summed E-state index contributed by atoms with van der Waals surface area (Å²) in [6.45, 7) is -0.700. The number of nitrogens with one attached hydrogen (secondary N) is 1. The number of hydrogen-bond donors (Lipinski definition) is 10. The van der Waals surface area contributed by atoms with Gasteiger partial charge in [-0.3, -0.25) is 4.79 Å². The van der Waals surface area contributed by atoms with Gasteiger partial charge in [0, 0.05) is 26.4 Å². The van der Waals surface area contributed by atoms with Crippen molar-refractivity contribution >= 4 is 11.9 Å². The van der Waals surface area contributed by atoms with E-state index in [2.05, 4.69) is 5.32 Å². The van der Waals surface area contributed by atoms with Gasteiger partial charge in [-0.2, -0.15) is 0 Å². The maximum atomic E-state index is 12.4. The van der Waals surface area contributed by atoms with Crippen LogP contribution in [0.4, 0.5) is 0 Å². The van der Waals surface area contributed by atoms with Gasteiger partial charge < -0.3 is 65.5 Å². The van der Waals surface area contributed by atoms with Crippen molar-refractivity contribution in [2.75, 3.05) is 20.3 Å². The van der Waals surface area contributed by atoms with Crippen LogP contribution < -0.4 is 5.32 Å². The molecule has 2 fully saturated rings. The van der Waals surface area contributed by atoms with Gasteiger partial charge >= 0.3 is 5.97 Å². The zero-order valence-corrected chi connectivity index (χ0v) is 18.5. The third kappa shape index (κ3) is 5.34. The molecule has 0 unspecified atom stereocenters. The quantitative estimate of drug-likeness (QED) is 0.142. The SMILES string of the molecule is CO[C@H]1O[C@H](CO)[C@H](O)[C@@H]([C@@H](O)[C@]2(C(=O)O)C[C@H](O)[C@@H](NC(C)=O)[C@H]([C@H](O)[C@H](O)CO)O2)[C@H]1O. The lowest BCUT2D eigenvalue weighted by atomic mass is 9.72. The average molecular weight is 499 g/mol. The molecule has 198 valence electrons. The van der Waals surface area contributed by atoms with E-state index >= 15 is 0 Å². The Kier molecular flexibility index (Phi) is 9.71. The molecule has 15 nitrogen and oxygen atoms in total. The van der Waals surface area contributed by atoms with Crippen LogP contribution in [0.25, 0.3) is 0 Å². The minimum absolute atomic E-state index is 0.698. The summed E-state index contributed by atoms with van der Waals surface area (Å²) in [6.07, 6.45) is -17.2. The predicted molar refractivity (Wildman–Crippen MR) is 107 cm³/mol. The zero-order chi connectivity index (χ0) is 26.0. The number of carbonyl (C=O) groups is 2. The maximum Gasteiger partial charge on any atom is 0.338 e. The number of carbonyl (C=O) groups excluding carboxylic acids is 1. The topological polar surface area (TPSA) is 256 Å². The van der Waals surface area contributed by atoms with Gasteiger partial charge in [0.1, 0.15) is 36.6 Å². The molecular formula is C19H33NO14. The minimum atomic E-state index is -2.79. The monoisotopic (exact) mass is 499 g/mol. The molecule has 0 saturated carbocycles. The number of hydrogen-bond acceptors (Lipinski definition) is 13. The van der Waals surface area contributed by atoms with Crippen LogP contribution in [0.1, 0.15) is 13.3 Å². The van der Waals surface area contributed by atoms with E-state index in [1.165, 1.54) is 0 Å². The molecule has 0 aromatic rings. The van der Waals surface area contributed by atoms with E-state index in [0.29, 0.717) is 0 Å². The average Bonchev–Trinajstić information content (AvgIpc) is 2.78. The van der Waals surface area contributed by atoms with Crippen LogP contribution in [-0.4, -0.2) is 145 Å². The number of amides is 1. The third-order valence-electron chi connectivity index (χ3n) is 6.29. The van der Waals surface area contributed by atoms with E-state index in [4.69, 9.17) is 14.2 Å². The second kappa shape index (κ2) is 11.5. The molecule has 0 aliphatic carbocycles. The molecule has 10 N–H and O–H groups in total. The molecule has 0 spiro atoms. The number of methoxy groups -OCH3 is 1. The molecule has 2 aliphatic heterocycles. The lowest BCUT2D eigenvalue weighted by molar-refractivity contribution is -0.315. The van der Waals surface area contributed by atoms with Crippen LogP contribution in [0, 0.1) is 5.92 Å². The number of aliphatic hydroxyl groups excluding tert-OH is 8. The van der Waals surface area contributed by atoms with E-state index in [9.17, 15) is 55.5 Å². The smallest absolute Gasteiger partial charge is 0.338 e. The maximum absolute atomic E-state index is 12.4. The van der Waals surface area contributed by atoms with Crippen molar-refractivity contribution in [1.29, 1.82) is 0 Å². The van der Waals surface area contributed by atoms with Gasteiger partial charge in [0.25, 0.3) is 0 Å². The van der Waals surface area contributed by atoms with Gasteiger partial charge in [-0.05, 0) is 0 Å². The lowest BCUT2D eigenvalue weighted by Crippen LogP contribution is -2.73. The summed E-state index contributed by atoms with van der Waals surface area (Å²) in [5, 5.41) is 94.5. The van der Waals surface area contributed by atoms with Crippen molar-refractivity contribution in [3.63, 3.8) is 0 Å². The highest BCUT2D eigenvalue weighted by molar-refractivity contribution is 5.79. The number of carboxylic acids is 1. The minimum Gasteiger partial charge on any atom is -0.479 e. The van der Waals surface area contributed by atoms with Gasteiger partial charge in [0.2, 0.25) is 5.91 Å². The number of carboxylic acid groups (broad SMARTS) is 1. The van der Waals surface area contributed by atoms with E-state index in [0.717, 1.165) is 14.0 Å². The first kappa shape index (κ1) is 28.7. The largest absolute Gasteiger partial charge is 0.479 e. The lowest BCUT2D eigenvalue weighted by Gasteiger charge is -2.52. The predicted octanol–water partition coefficient (Wildman–Crippen LogP) is -5.76. The Balaban J connectivity index is 2.53. The first-order valence-corrected chi connectivity index (χ1v) is 10.5. The molecule has 12 atom stereocenters. The Labute approximate surface area is 194 Å². The van der Waals surface area contributed by atoms with Crippen molar-refractivity contribution in [3.05, 3.63) is 0 Å².